The van der Waals surface area contributed by atoms with E-state index < -0.39 is 12.1 Å². The number of rotatable bonds is 6. The van der Waals surface area contributed by atoms with Gasteiger partial charge in [-0.25, -0.2) is 4.79 Å². The summed E-state index contributed by atoms with van der Waals surface area (Å²) in [7, 11) is 0. The Labute approximate surface area is 146 Å². The Bertz CT molecular complexity index is 751. The van der Waals surface area contributed by atoms with Gasteiger partial charge in [0, 0.05) is 5.56 Å². The molecule has 0 bridgehead atoms. The Hall–Kier alpha value is -2.82. The van der Waals surface area contributed by atoms with Crippen LogP contribution in [-0.2, 0) is 16.0 Å². The van der Waals surface area contributed by atoms with Crippen LogP contribution in [0.15, 0.2) is 48.5 Å². The third-order valence-corrected chi connectivity index (χ3v) is 3.93. The summed E-state index contributed by atoms with van der Waals surface area (Å²) in [6, 6.07) is 14.5. The molecular formula is C20H20O5. The fourth-order valence-electron chi connectivity index (χ4n) is 2.59. The fourth-order valence-corrected chi connectivity index (χ4v) is 2.59. The predicted molar refractivity (Wildman–Crippen MR) is 92.1 cm³/mol. The number of hydrogen-bond acceptors (Lipinski definition) is 5. The van der Waals surface area contributed by atoms with Gasteiger partial charge in [0.25, 0.3) is 0 Å². The molecule has 5 nitrogen and oxygen atoms in total. The first-order chi connectivity index (χ1) is 12.2. The number of fused-ring (bicyclic) bond motifs is 1. The van der Waals surface area contributed by atoms with Gasteiger partial charge >= 0.3 is 5.97 Å². The molecule has 5 heteroatoms. The van der Waals surface area contributed by atoms with Gasteiger partial charge in [-0.15, -0.1) is 0 Å². The van der Waals surface area contributed by atoms with E-state index in [-0.39, 0.29) is 19.0 Å². The van der Waals surface area contributed by atoms with Crippen molar-refractivity contribution < 1.29 is 23.8 Å². The van der Waals surface area contributed by atoms with Crippen molar-refractivity contribution in [3.05, 3.63) is 59.7 Å². The summed E-state index contributed by atoms with van der Waals surface area (Å²) in [6.45, 7) is 1.86. The average Bonchev–Trinajstić information content (AvgIpc) is 2.66. The van der Waals surface area contributed by atoms with E-state index in [4.69, 9.17) is 14.2 Å². The Balaban J connectivity index is 1.53. The zero-order chi connectivity index (χ0) is 17.6. The smallest absolute Gasteiger partial charge is 0.351 e. The van der Waals surface area contributed by atoms with Crippen LogP contribution in [0, 0.1) is 0 Å². The first kappa shape index (κ1) is 17.0. The summed E-state index contributed by atoms with van der Waals surface area (Å²) in [6.07, 6.45) is 1.16. The third-order valence-electron chi connectivity index (χ3n) is 3.93. The number of hydrogen-bond donors (Lipinski definition) is 0. The van der Waals surface area contributed by atoms with E-state index in [1.807, 2.05) is 18.2 Å². The van der Waals surface area contributed by atoms with E-state index in [1.165, 1.54) is 5.56 Å². The summed E-state index contributed by atoms with van der Waals surface area (Å²) in [4.78, 5) is 24.3. The molecule has 1 aliphatic heterocycles. The highest BCUT2D eigenvalue weighted by molar-refractivity contribution is 5.98. The monoisotopic (exact) mass is 340 g/mol. The second-order valence-electron chi connectivity index (χ2n) is 5.84. The molecule has 2 aromatic carbocycles. The topological polar surface area (TPSA) is 61.8 Å². The zero-order valence-electron chi connectivity index (χ0n) is 14.1. The lowest BCUT2D eigenvalue weighted by molar-refractivity contribution is -0.153. The quantitative estimate of drug-likeness (QED) is 0.597. The van der Waals surface area contributed by atoms with Gasteiger partial charge < -0.3 is 14.2 Å². The summed E-state index contributed by atoms with van der Waals surface area (Å²) in [5.74, 6) is 0.238. The summed E-state index contributed by atoms with van der Waals surface area (Å²) in [5, 5.41) is 0. The van der Waals surface area contributed by atoms with Crippen LogP contribution in [0.2, 0.25) is 0 Å². The number of carbonyl (C=O) groups is 2. The van der Waals surface area contributed by atoms with Crippen molar-refractivity contribution in [1.82, 2.24) is 0 Å². The van der Waals surface area contributed by atoms with E-state index in [0.29, 0.717) is 17.1 Å². The minimum atomic E-state index is -0.866. The van der Waals surface area contributed by atoms with E-state index in [0.717, 1.165) is 12.8 Å². The molecule has 0 saturated carbocycles. The lowest BCUT2D eigenvalue weighted by Gasteiger charge is -2.24. The van der Waals surface area contributed by atoms with Crippen molar-refractivity contribution in [2.24, 2.45) is 0 Å². The minimum Gasteiger partial charge on any atom is -0.485 e. The SMILES string of the molecule is CCCc1ccc(C(=O)COC(=O)[C@H]2COc3ccccc3O2)cc1. The third kappa shape index (κ3) is 4.18. The van der Waals surface area contributed by atoms with Crippen LogP contribution in [0.4, 0.5) is 0 Å². The molecule has 1 atom stereocenters. The first-order valence-electron chi connectivity index (χ1n) is 8.34. The van der Waals surface area contributed by atoms with Gasteiger partial charge in [-0.05, 0) is 24.1 Å². The lowest BCUT2D eigenvalue weighted by Crippen LogP contribution is -2.38. The van der Waals surface area contributed by atoms with Gasteiger partial charge in [0.15, 0.2) is 23.9 Å². The second-order valence-corrected chi connectivity index (χ2v) is 5.84. The van der Waals surface area contributed by atoms with Crippen molar-refractivity contribution in [2.75, 3.05) is 13.2 Å². The second kappa shape index (κ2) is 7.83. The number of benzene rings is 2. The van der Waals surface area contributed by atoms with Crippen LogP contribution in [0.25, 0.3) is 0 Å². The van der Waals surface area contributed by atoms with Crippen LogP contribution < -0.4 is 9.47 Å². The first-order valence-corrected chi connectivity index (χ1v) is 8.34. The van der Waals surface area contributed by atoms with E-state index in [9.17, 15) is 9.59 Å². The number of carbonyl (C=O) groups excluding carboxylic acids is 2. The van der Waals surface area contributed by atoms with Crippen molar-refractivity contribution in [3.8, 4) is 11.5 Å². The molecular weight excluding hydrogens is 320 g/mol. The van der Waals surface area contributed by atoms with E-state index >= 15 is 0 Å². The van der Waals surface area contributed by atoms with Crippen molar-refractivity contribution in [3.63, 3.8) is 0 Å². The highest BCUT2D eigenvalue weighted by Gasteiger charge is 2.29. The van der Waals surface area contributed by atoms with Crippen LogP contribution in [0.1, 0.15) is 29.3 Å². The van der Waals surface area contributed by atoms with Crippen molar-refractivity contribution >= 4 is 11.8 Å². The molecule has 0 fully saturated rings. The highest BCUT2D eigenvalue weighted by atomic mass is 16.6. The molecule has 0 saturated heterocycles. The summed E-state index contributed by atoms with van der Waals surface area (Å²) >= 11 is 0. The van der Waals surface area contributed by atoms with Crippen LogP contribution in [0.3, 0.4) is 0 Å². The standard InChI is InChI=1S/C20H20O5/c1-2-5-14-8-10-15(11-9-14)16(21)12-24-20(22)19-13-23-17-6-3-4-7-18(17)25-19/h3-4,6-11,19H,2,5,12-13H2,1H3/t19-/m1/s1. The molecule has 0 amide bonds. The van der Waals surface area contributed by atoms with Crippen LogP contribution in [0.5, 0.6) is 11.5 Å². The number of esters is 1. The van der Waals surface area contributed by atoms with Crippen molar-refractivity contribution in [2.45, 2.75) is 25.9 Å². The molecule has 0 N–H and O–H groups in total. The molecule has 0 radical (unpaired) electrons. The lowest BCUT2D eigenvalue weighted by atomic mass is 10.1. The molecule has 0 spiro atoms. The maximum atomic E-state index is 12.2. The Morgan fingerprint density at radius 2 is 1.80 bits per heavy atom. The summed E-state index contributed by atoms with van der Waals surface area (Å²) in [5.41, 5.74) is 1.71. The van der Waals surface area contributed by atoms with Crippen LogP contribution in [-0.4, -0.2) is 31.1 Å². The van der Waals surface area contributed by atoms with Gasteiger partial charge in [-0.3, -0.25) is 4.79 Å². The number of para-hydroxylation sites is 2. The van der Waals surface area contributed by atoms with Crippen molar-refractivity contribution in [1.29, 1.82) is 0 Å². The molecule has 1 heterocycles. The number of Topliss-reactive ketones (excluding diaryl/α,β-unsaturated/α-hetero) is 1. The summed E-state index contributed by atoms with van der Waals surface area (Å²) < 4.78 is 16.1. The minimum absolute atomic E-state index is 0.0652. The zero-order valence-corrected chi connectivity index (χ0v) is 14.1. The molecule has 0 aliphatic carbocycles. The van der Waals surface area contributed by atoms with Gasteiger partial charge in [-0.2, -0.15) is 0 Å². The van der Waals surface area contributed by atoms with Gasteiger partial charge in [0.2, 0.25) is 6.10 Å². The molecule has 25 heavy (non-hydrogen) atoms. The Kier molecular flexibility index (Phi) is 5.33. The highest BCUT2D eigenvalue weighted by Crippen LogP contribution is 2.31. The number of ketones is 1. The molecule has 3 rings (SSSR count). The fraction of sp³-hybridized carbons (Fsp3) is 0.300. The number of aryl methyl sites for hydroxylation is 1. The Morgan fingerprint density at radius 1 is 1.08 bits per heavy atom. The van der Waals surface area contributed by atoms with Gasteiger partial charge in [0.1, 0.15) is 6.61 Å². The molecule has 2 aromatic rings. The van der Waals surface area contributed by atoms with E-state index in [1.54, 1.807) is 30.3 Å². The average molecular weight is 340 g/mol. The number of ether oxygens (including phenoxy) is 3. The van der Waals surface area contributed by atoms with Crippen LogP contribution >= 0.6 is 0 Å². The predicted octanol–water partition coefficient (Wildman–Crippen LogP) is 3.21. The molecule has 0 aromatic heterocycles. The molecule has 1 aliphatic rings. The molecule has 130 valence electrons. The maximum Gasteiger partial charge on any atom is 0.351 e. The largest absolute Gasteiger partial charge is 0.485 e. The maximum absolute atomic E-state index is 12.2. The Morgan fingerprint density at radius 3 is 2.52 bits per heavy atom. The van der Waals surface area contributed by atoms with Gasteiger partial charge in [-0.1, -0.05) is 49.7 Å². The molecule has 0 unspecified atom stereocenters. The normalized spacial score (nSPS) is 15.5. The van der Waals surface area contributed by atoms with Gasteiger partial charge in [0.05, 0.1) is 0 Å². The van der Waals surface area contributed by atoms with E-state index in [2.05, 4.69) is 6.92 Å².